The lowest BCUT2D eigenvalue weighted by molar-refractivity contribution is -0.137. The Kier molecular flexibility index (Phi) is 6.79. The van der Waals surface area contributed by atoms with Gasteiger partial charge in [-0.25, -0.2) is 30.3 Å². The summed E-state index contributed by atoms with van der Waals surface area (Å²) in [5.41, 5.74) is -1.45. The quantitative estimate of drug-likeness (QED) is 0.532. The largest absolute Gasteiger partial charge is 0.416 e. The monoisotopic (exact) mass is 551 g/mol. The molecule has 12 heteroatoms. The maximum atomic E-state index is 15.1. The molecule has 5 nitrogen and oxygen atoms in total. The molecule has 2 fully saturated rings. The van der Waals surface area contributed by atoms with Crippen molar-refractivity contribution >= 4 is 19.9 Å². The Morgan fingerprint density at radius 1 is 1.06 bits per heavy atom. The van der Waals surface area contributed by atoms with Crippen LogP contribution < -0.4 is 4.72 Å². The van der Waals surface area contributed by atoms with Crippen LogP contribution >= 0.6 is 0 Å². The van der Waals surface area contributed by atoms with E-state index < -0.39 is 75.7 Å². The Morgan fingerprint density at radius 2 is 1.69 bits per heavy atom. The van der Waals surface area contributed by atoms with Crippen LogP contribution in [0.3, 0.4) is 0 Å². The van der Waals surface area contributed by atoms with Gasteiger partial charge in [-0.05, 0) is 80.0 Å². The van der Waals surface area contributed by atoms with Crippen molar-refractivity contribution in [2.24, 2.45) is 11.8 Å². The lowest BCUT2D eigenvalue weighted by Gasteiger charge is -2.48. The smallest absolute Gasteiger partial charge is 0.223 e. The SMILES string of the molecule is CC(C)[C@@H]1C[C@@H]2C[C@](c3cc(F)ccc3F)(S(=O)(=O)c3ccc(C(F)(F)F)cc3)CCC2NS1(=O)=O. The first kappa shape index (κ1) is 27.0. The number of sulfone groups is 1. The molecule has 4 atom stereocenters. The van der Waals surface area contributed by atoms with Crippen molar-refractivity contribution in [1.82, 2.24) is 4.72 Å². The predicted molar refractivity (Wildman–Crippen MR) is 123 cm³/mol. The van der Waals surface area contributed by atoms with Crippen LogP contribution in [-0.2, 0) is 30.8 Å². The number of alkyl halides is 3. The van der Waals surface area contributed by atoms with E-state index in [1.165, 1.54) is 0 Å². The van der Waals surface area contributed by atoms with E-state index in [1.54, 1.807) is 13.8 Å². The van der Waals surface area contributed by atoms with Crippen LogP contribution in [0.1, 0.15) is 50.7 Å². The van der Waals surface area contributed by atoms with Gasteiger partial charge in [0.15, 0.2) is 9.84 Å². The first-order chi connectivity index (χ1) is 16.6. The number of nitrogens with one attached hydrogen (secondary N) is 1. The minimum atomic E-state index is -4.68. The summed E-state index contributed by atoms with van der Waals surface area (Å²) >= 11 is 0. The van der Waals surface area contributed by atoms with E-state index in [2.05, 4.69) is 4.72 Å². The van der Waals surface area contributed by atoms with Crippen molar-refractivity contribution in [3.63, 3.8) is 0 Å². The molecule has 1 unspecified atom stereocenters. The zero-order valence-corrected chi connectivity index (χ0v) is 21.2. The first-order valence-corrected chi connectivity index (χ1v) is 14.5. The highest BCUT2D eigenvalue weighted by Crippen LogP contribution is 2.52. The van der Waals surface area contributed by atoms with Gasteiger partial charge in [0.25, 0.3) is 0 Å². The summed E-state index contributed by atoms with van der Waals surface area (Å²) in [5.74, 6) is -2.61. The standard InChI is InChI=1S/C24H26F5NO4S2/c1-14(2)22-11-15-13-23(10-9-21(15)30-36(22,33)34,19-12-17(25)5-8-20(19)26)35(31,32)18-6-3-16(4-7-18)24(27,28)29/h3-8,12,14-15,21-22,30H,9-11,13H2,1-2H3/t15-,21?,22+,23-/m1/s1. The molecule has 0 bridgehead atoms. The Morgan fingerprint density at radius 3 is 2.28 bits per heavy atom. The molecule has 2 aromatic rings. The molecule has 1 saturated carbocycles. The van der Waals surface area contributed by atoms with Gasteiger partial charge in [0.05, 0.1) is 15.7 Å². The van der Waals surface area contributed by atoms with Gasteiger partial charge >= 0.3 is 6.18 Å². The molecule has 0 aromatic heterocycles. The number of sulfonamides is 1. The molecule has 2 aromatic carbocycles. The second-order valence-corrected chi connectivity index (χ2v) is 14.1. The Bertz CT molecular complexity index is 1360. The molecule has 1 aliphatic heterocycles. The highest BCUT2D eigenvalue weighted by molar-refractivity contribution is 7.92. The molecular weight excluding hydrogens is 525 g/mol. The second-order valence-electron chi connectivity index (χ2n) is 9.93. The minimum absolute atomic E-state index is 0.0323. The number of halogens is 5. The van der Waals surface area contributed by atoms with Crippen molar-refractivity contribution in [1.29, 1.82) is 0 Å². The third kappa shape index (κ3) is 4.56. The third-order valence-corrected chi connectivity index (χ3v) is 12.1. The highest BCUT2D eigenvalue weighted by Gasteiger charge is 2.55. The summed E-state index contributed by atoms with van der Waals surface area (Å²) < 4.78 is 123. The molecule has 1 heterocycles. The van der Waals surface area contributed by atoms with Gasteiger partial charge in [-0.1, -0.05) is 13.8 Å². The summed E-state index contributed by atoms with van der Waals surface area (Å²) in [6.45, 7) is 3.46. The number of fused-ring (bicyclic) bond motifs is 1. The van der Waals surface area contributed by atoms with Crippen LogP contribution in [0.2, 0.25) is 0 Å². The van der Waals surface area contributed by atoms with Gasteiger partial charge in [0, 0.05) is 11.6 Å². The molecule has 4 rings (SSSR count). The predicted octanol–water partition coefficient (Wildman–Crippen LogP) is 5.17. The van der Waals surface area contributed by atoms with Crippen LogP contribution in [0.25, 0.3) is 0 Å². The summed E-state index contributed by atoms with van der Waals surface area (Å²) in [4.78, 5) is -0.450. The molecule has 198 valence electrons. The van der Waals surface area contributed by atoms with Gasteiger partial charge in [0.2, 0.25) is 10.0 Å². The van der Waals surface area contributed by atoms with Crippen LogP contribution in [0.4, 0.5) is 22.0 Å². The van der Waals surface area contributed by atoms with Crippen LogP contribution in [0.5, 0.6) is 0 Å². The maximum Gasteiger partial charge on any atom is 0.416 e. The third-order valence-electron chi connectivity index (χ3n) is 7.44. The van der Waals surface area contributed by atoms with Crippen LogP contribution in [-0.4, -0.2) is 28.1 Å². The normalized spacial score (nSPS) is 28.6. The van der Waals surface area contributed by atoms with Gasteiger partial charge in [0.1, 0.15) is 16.4 Å². The molecule has 0 spiro atoms. The molecular formula is C24H26F5NO4S2. The summed E-state index contributed by atoms with van der Waals surface area (Å²) in [6, 6.07) is 4.82. The number of hydrogen-bond donors (Lipinski definition) is 1. The van der Waals surface area contributed by atoms with Gasteiger partial charge in [-0.2, -0.15) is 13.2 Å². The number of rotatable bonds is 4. The van der Waals surface area contributed by atoms with E-state index in [-0.39, 0.29) is 31.6 Å². The van der Waals surface area contributed by atoms with Crippen molar-refractivity contribution in [2.75, 3.05) is 0 Å². The molecule has 1 aliphatic carbocycles. The molecule has 1 N–H and O–H groups in total. The molecule has 0 radical (unpaired) electrons. The number of benzene rings is 2. The lowest BCUT2D eigenvalue weighted by Crippen LogP contribution is -2.58. The van der Waals surface area contributed by atoms with Gasteiger partial charge in [-0.15, -0.1) is 0 Å². The summed E-state index contributed by atoms with van der Waals surface area (Å²) in [5, 5.41) is -0.805. The molecule has 1 saturated heterocycles. The van der Waals surface area contributed by atoms with E-state index in [0.29, 0.717) is 12.1 Å². The van der Waals surface area contributed by atoms with E-state index in [1.807, 2.05) is 0 Å². The average Bonchev–Trinajstić information content (AvgIpc) is 2.78. The maximum absolute atomic E-state index is 15.1. The minimum Gasteiger partial charge on any atom is -0.223 e. The summed E-state index contributed by atoms with van der Waals surface area (Å²) in [6.07, 6.45) is -4.98. The van der Waals surface area contributed by atoms with E-state index in [9.17, 15) is 34.4 Å². The lowest BCUT2D eigenvalue weighted by atomic mass is 9.72. The molecule has 36 heavy (non-hydrogen) atoms. The summed E-state index contributed by atoms with van der Waals surface area (Å²) in [7, 11) is -8.20. The van der Waals surface area contributed by atoms with Crippen molar-refractivity contribution in [2.45, 2.75) is 66.6 Å². The topological polar surface area (TPSA) is 80.3 Å². The number of hydrogen-bond acceptors (Lipinski definition) is 4. The zero-order chi connectivity index (χ0) is 26.7. The Balaban J connectivity index is 1.85. The fourth-order valence-electron chi connectivity index (χ4n) is 5.58. The fourth-order valence-corrected chi connectivity index (χ4v) is 9.91. The van der Waals surface area contributed by atoms with E-state index >= 15 is 4.39 Å². The van der Waals surface area contributed by atoms with Crippen LogP contribution in [0.15, 0.2) is 47.4 Å². The van der Waals surface area contributed by atoms with E-state index in [0.717, 1.165) is 30.3 Å². The van der Waals surface area contributed by atoms with Gasteiger partial charge in [-0.3, -0.25) is 0 Å². The Labute approximate surface area is 207 Å². The second kappa shape index (κ2) is 9.05. The van der Waals surface area contributed by atoms with Crippen molar-refractivity contribution < 1.29 is 38.8 Å². The van der Waals surface area contributed by atoms with Gasteiger partial charge < -0.3 is 0 Å². The van der Waals surface area contributed by atoms with Crippen molar-refractivity contribution in [3.05, 3.63) is 65.2 Å². The molecule has 2 aliphatic rings. The van der Waals surface area contributed by atoms with Crippen LogP contribution in [0, 0.1) is 23.5 Å². The fraction of sp³-hybridized carbons (Fsp3) is 0.500. The van der Waals surface area contributed by atoms with Crippen molar-refractivity contribution in [3.8, 4) is 0 Å². The Hall–Kier alpha value is -2.05. The molecule has 0 amide bonds. The van der Waals surface area contributed by atoms with E-state index in [4.69, 9.17) is 0 Å². The first-order valence-electron chi connectivity index (χ1n) is 11.5. The average molecular weight is 552 g/mol. The highest BCUT2D eigenvalue weighted by atomic mass is 32.2. The zero-order valence-electron chi connectivity index (χ0n) is 19.5.